The summed E-state index contributed by atoms with van der Waals surface area (Å²) in [5, 5.41) is 44.1. The van der Waals surface area contributed by atoms with Crippen molar-refractivity contribution in [3.8, 4) is 0 Å². The smallest absolute Gasteiger partial charge is 0.333 e. The van der Waals surface area contributed by atoms with E-state index < -0.39 is 80.3 Å². The molecule has 0 radical (unpaired) electrons. The average molecular weight is 1050 g/mol. The highest BCUT2D eigenvalue weighted by Gasteiger charge is 2.32. The number of amides is 5. The van der Waals surface area contributed by atoms with Crippen LogP contribution in [0.25, 0.3) is 0 Å². The van der Waals surface area contributed by atoms with Gasteiger partial charge in [0.25, 0.3) is 17.7 Å². The lowest BCUT2D eigenvalue weighted by Gasteiger charge is -2.29. The Morgan fingerprint density at radius 3 is 1.73 bits per heavy atom. The van der Waals surface area contributed by atoms with Gasteiger partial charge in [0.15, 0.2) is 0 Å². The van der Waals surface area contributed by atoms with Gasteiger partial charge in [-0.1, -0.05) is 12.5 Å². The predicted molar refractivity (Wildman–Crippen MR) is 239 cm³/mol. The maximum atomic E-state index is 13.3. The Hall–Kier alpha value is -5.60. The van der Waals surface area contributed by atoms with Crippen LogP contribution in [-0.4, -0.2) is 195 Å². The molecule has 1 heterocycles. The maximum absolute atomic E-state index is 13.3. The van der Waals surface area contributed by atoms with Crippen LogP contribution in [0.4, 0.5) is 0 Å². The molecule has 66 heavy (non-hydrogen) atoms. The SMILES string of the molecule is O=C(O)CN(CCN(CC(=O)O)CC(=O)CCCCCNC(=O)CCCCC(=O)ON1C(=O)CCC1=O)CCN(CC(=O)O)CC(=O)N(CCCCNC(=O)c1cccc(I)c1)CC(=O)O. The number of carboxylic acid groups (broad SMARTS) is 4. The number of carbonyl (C=O) groups excluding carboxylic acids is 7. The molecule has 0 aliphatic carbocycles. The largest absolute Gasteiger partial charge is 0.480 e. The third-order valence-corrected chi connectivity index (χ3v) is 10.6. The third kappa shape index (κ3) is 25.2. The van der Waals surface area contributed by atoms with Gasteiger partial charge in [0.1, 0.15) is 12.3 Å². The summed E-state index contributed by atoms with van der Waals surface area (Å²) in [6.07, 6.45) is 3.21. The summed E-state index contributed by atoms with van der Waals surface area (Å²) in [6.45, 7) is -2.70. The molecular weight excluding hydrogens is 985 g/mol. The zero-order valence-electron chi connectivity index (χ0n) is 36.8. The molecule has 1 aliphatic rings. The van der Waals surface area contributed by atoms with Crippen LogP contribution in [-0.2, 0) is 52.8 Å². The number of carbonyl (C=O) groups is 11. The van der Waals surface area contributed by atoms with Gasteiger partial charge in [0.2, 0.25) is 11.8 Å². The average Bonchev–Trinajstić information content (AvgIpc) is 3.55. The zero-order chi connectivity index (χ0) is 49.0. The van der Waals surface area contributed by atoms with Crippen LogP contribution in [0, 0.1) is 3.57 Å². The third-order valence-electron chi connectivity index (χ3n) is 9.89. The molecule has 0 aromatic heterocycles. The fraction of sp³-hybridized carbons (Fsp3) is 0.595. The topological polar surface area (TPSA) is 318 Å². The van der Waals surface area contributed by atoms with E-state index >= 15 is 0 Å². The second kappa shape index (κ2) is 31.3. The molecule has 5 amide bonds. The molecule has 366 valence electrons. The van der Waals surface area contributed by atoms with E-state index in [4.69, 9.17) is 4.84 Å². The normalized spacial score (nSPS) is 12.4. The molecule has 0 atom stereocenters. The molecule has 1 aromatic rings. The predicted octanol–water partition coefficient (Wildman–Crippen LogP) is 0.288. The van der Waals surface area contributed by atoms with E-state index in [1.165, 1.54) is 14.7 Å². The molecule has 0 saturated carbocycles. The van der Waals surface area contributed by atoms with Gasteiger partial charge in [-0.3, -0.25) is 62.6 Å². The van der Waals surface area contributed by atoms with Crippen LogP contribution >= 0.6 is 22.6 Å². The van der Waals surface area contributed by atoms with E-state index in [0.717, 1.165) is 8.47 Å². The highest BCUT2D eigenvalue weighted by Crippen LogP contribution is 2.14. The summed E-state index contributed by atoms with van der Waals surface area (Å²) in [5.74, 6) is -8.37. The van der Waals surface area contributed by atoms with Gasteiger partial charge in [0, 0.05) is 87.1 Å². The van der Waals surface area contributed by atoms with Crippen LogP contribution in [0.3, 0.4) is 0 Å². The zero-order valence-corrected chi connectivity index (χ0v) is 38.9. The number of nitrogens with zero attached hydrogens (tertiary/aromatic N) is 5. The molecule has 1 aromatic carbocycles. The van der Waals surface area contributed by atoms with Crippen molar-refractivity contribution in [2.45, 2.75) is 77.0 Å². The number of ketones is 1. The van der Waals surface area contributed by atoms with Crippen LogP contribution in [0.5, 0.6) is 0 Å². The Kier molecular flexibility index (Phi) is 26.8. The van der Waals surface area contributed by atoms with E-state index in [2.05, 4.69) is 33.2 Å². The molecule has 0 unspecified atom stereocenters. The van der Waals surface area contributed by atoms with Gasteiger partial charge in [-0.05, 0) is 79.3 Å². The lowest BCUT2D eigenvalue weighted by Crippen LogP contribution is -2.48. The maximum Gasteiger partial charge on any atom is 0.333 e. The van der Waals surface area contributed by atoms with Crippen molar-refractivity contribution < 1.29 is 78.0 Å². The second-order valence-electron chi connectivity index (χ2n) is 15.5. The van der Waals surface area contributed by atoms with Crippen molar-refractivity contribution in [1.29, 1.82) is 0 Å². The number of benzene rings is 1. The first-order valence-electron chi connectivity index (χ1n) is 21.5. The van der Waals surface area contributed by atoms with Gasteiger partial charge in [-0.25, -0.2) is 4.79 Å². The van der Waals surface area contributed by atoms with Crippen molar-refractivity contribution in [1.82, 2.24) is 35.3 Å². The van der Waals surface area contributed by atoms with Crippen molar-refractivity contribution in [2.24, 2.45) is 0 Å². The first-order valence-corrected chi connectivity index (χ1v) is 22.6. The minimum absolute atomic E-state index is 0.00771. The summed E-state index contributed by atoms with van der Waals surface area (Å²) in [4.78, 5) is 142. The second-order valence-corrected chi connectivity index (χ2v) is 16.8. The number of halogens is 1. The minimum atomic E-state index is -1.29. The lowest BCUT2D eigenvalue weighted by molar-refractivity contribution is -0.197. The first kappa shape index (κ1) is 56.5. The molecule has 1 saturated heterocycles. The molecule has 24 heteroatoms. The number of carboxylic acids is 4. The molecular formula is C42H60IN7O16. The van der Waals surface area contributed by atoms with E-state index in [1.54, 1.807) is 18.2 Å². The van der Waals surface area contributed by atoms with Crippen LogP contribution < -0.4 is 10.6 Å². The molecule has 6 N–H and O–H groups in total. The quantitative estimate of drug-likeness (QED) is 0.0299. The van der Waals surface area contributed by atoms with E-state index in [1.807, 2.05) is 6.07 Å². The Morgan fingerprint density at radius 1 is 0.591 bits per heavy atom. The summed E-state index contributed by atoms with van der Waals surface area (Å²) >= 11 is 2.09. The van der Waals surface area contributed by atoms with E-state index in [-0.39, 0.29) is 95.5 Å². The number of hydrogen-bond acceptors (Lipinski definition) is 15. The lowest BCUT2D eigenvalue weighted by atomic mass is 10.1. The number of Topliss-reactive ketones (excluding diaryl/α,β-unsaturated/α-hetero) is 1. The molecule has 0 spiro atoms. The molecule has 1 fully saturated rings. The standard InChI is InChI=1S/C42H60IN7O16/c43-31-10-8-9-30(23-31)42(65)45-17-6-7-18-49(29-40(62)63)36(55)25-48(28-39(60)61)22-20-46(26-37(56)57)19-21-47(27-38(58)59)24-32(51)11-2-1-5-16-44-33(52)12-3-4-13-41(64)66-50-34(53)14-15-35(50)54/h8-10,23H,1-7,11-22,24-29H2,(H,44,52)(H,45,65)(H,56,57)(H,58,59)(H,60,61)(H,62,63). The number of unbranched alkanes of at least 4 members (excludes halogenated alkanes) is 4. The number of nitrogens with one attached hydrogen (secondary N) is 2. The molecule has 2 rings (SSSR count). The summed E-state index contributed by atoms with van der Waals surface area (Å²) < 4.78 is 0.886. The Morgan fingerprint density at radius 2 is 1.12 bits per heavy atom. The van der Waals surface area contributed by atoms with Gasteiger partial charge in [-0.2, -0.15) is 0 Å². The van der Waals surface area contributed by atoms with Crippen LogP contribution in [0.15, 0.2) is 24.3 Å². The van der Waals surface area contributed by atoms with Crippen molar-refractivity contribution in [2.75, 3.05) is 85.1 Å². The first-order chi connectivity index (χ1) is 31.3. The Labute approximate surface area is 395 Å². The number of imide groups is 1. The highest BCUT2D eigenvalue weighted by molar-refractivity contribution is 14.1. The summed E-state index contributed by atoms with van der Waals surface area (Å²) in [5.41, 5.74) is 0.478. The van der Waals surface area contributed by atoms with Crippen LogP contribution in [0.1, 0.15) is 87.4 Å². The van der Waals surface area contributed by atoms with Gasteiger partial charge in [-0.15, -0.1) is 5.06 Å². The fourth-order valence-electron chi connectivity index (χ4n) is 6.57. The van der Waals surface area contributed by atoms with E-state index in [0.29, 0.717) is 62.1 Å². The Balaban J connectivity index is 1.79. The van der Waals surface area contributed by atoms with E-state index in [9.17, 15) is 73.2 Å². The monoisotopic (exact) mass is 1050 g/mol. The van der Waals surface area contributed by atoms with Gasteiger partial charge >= 0.3 is 29.8 Å². The number of hydroxylamine groups is 2. The minimum Gasteiger partial charge on any atom is -0.480 e. The molecule has 1 aliphatic heterocycles. The van der Waals surface area contributed by atoms with Crippen LogP contribution in [0.2, 0.25) is 0 Å². The number of aliphatic carboxylic acids is 4. The number of hydrogen-bond donors (Lipinski definition) is 6. The highest BCUT2D eigenvalue weighted by atomic mass is 127. The van der Waals surface area contributed by atoms with Crippen molar-refractivity contribution in [3.05, 3.63) is 33.4 Å². The fourth-order valence-corrected chi connectivity index (χ4v) is 7.12. The number of rotatable bonds is 36. The van der Waals surface area contributed by atoms with Crippen molar-refractivity contribution >= 4 is 87.8 Å². The van der Waals surface area contributed by atoms with Gasteiger partial charge in [0.05, 0.1) is 32.7 Å². The summed E-state index contributed by atoms with van der Waals surface area (Å²) in [6, 6.07) is 6.98. The molecule has 23 nitrogen and oxygen atoms in total. The summed E-state index contributed by atoms with van der Waals surface area (Å²) in [7, 11) is 0. The molecule has 0 bridgehead atoms. The van der Waals surface area contributed by atoms with Crippen molar-refractivity contribution in [3.63, 3.8) is 0 Å². The van der Waals surface area contributed by atoms with Gasteiger partial charge < -0.3 is 40.8 Å². The Bertz CT molecular complexity index is 1850.